The largest absolute Gasteiger partial charge is 0.382 e. The van der Waals surface area contributed by atoms with E-state index in [4.69, 9.17) is 11.6 Å². The summed E-state index contributed by atoms with van der Waals surface area (Å²) >= 11 is 9.26. The van der Waals surface area contributed by atoms with Gasteiger partial charge in [0, 0.05) is 26.9 Å². The van der Waals surface area contributed by atoms with Gasteiger partial charge in [-0.2, -0.15) is 0 Å². The minimum absolute atomic E-state index is 0.610. The smallest absolute Gasteiger partial charge is 0.120 e. The van der Waals surface area contributed by atoms with Gasteiger partial charge in [0.2, 0.25) is 0 Å². The van der Waals surface area contributed by atoms with Crippen LogP contribution in [0.1, 0.15) is 17.4 Å². The summed E-state index contributed by atoms with van der Waals surface area (Å²) in [6.07, 6.45) is 1.09. The number of nitrogens with one attached hydrogen (secondary N) is 1. The maximum atomic E-state index is 10.1. The van der Waals surface area contributed by atoms with E-state index in [1.54, 1.807) is 18.3 Å². The molecule has 1 unspecified atom stereocenters. The van der Waals surface area contributed by atoms with Crippen molar-refractivity contribution in [3.05, 3.63) is 57.3 Å². The Bertz CT molecular complexity index is 456. The molecular weight excluding hydrogens is 277 g/mol. The van der Waals surface area contributed by atoms with Gasteiger partial charge in [0.1, 0.15) is 6.10 Å². The van der Waals surface area contributed by atoms with Crippen molar-refractivity contribution >= 4 is 27.5 Å². The lowest BCUT2D eigenvalue weighted by Crippen LogP contribution is -2.00. The first-order valence-corrected chi connectivity index (χ1v) is 5.62. The fourth-order valence-corrected chi connectivity index (χ4v) is 2.05. The van der Waals surface area contributed by atoms with Crippen LogP contribution < -0.4 is 0 Å². The van der Waals surface area contributed by atoms with Crippen molar-refractivity contribution in [2.75, 3.05) is 0 Å². The van der Waals surface area contributed by atoms with Crippen LogP contribution in [0.15, 0.2) is 41.0 Å². The topological polar surface area (TPSA) is 36.0 Å². The standard InChI is InChI=1S/C11H9BrClNO/c12-9-4-3-7(13)6-8(9)11(15)10-2-1-5-14-10/h1-6,11,14-15H. The molecule has 2 aromatic rings. The quantitative estimate of drug-likeness (QED) is 0.871. The first kappa shape index (κ1) is 10.7. The molecule has 0 saturated heterocycles. The summed E-state index contributed by atoms with van der Waals surface area (Å²) in [6, 6.07) is 9.02. The van der Waals surface area contributed by atoms with Gasteiger partial charge in [0.25, 0.3) is 0 Å². The molecule has 2 rings (SSSR count). The summed E-state index contributed by atoms with van der Waals surface area (Å²) in [5.41, 5.74) is 1.50. The first-order chi connectivity index (χ1) is 7.18. The number of hydrogen-bond donors (Lipinski definition) is 2. The van der Waals surface area contributed by atoms with Gasteiger partial charge < -0.3 is 10.1 Å². The van der Waals surface area contributed by atoms with Gasteiger partial charge in [0.05, 0.1) is 0 Å². The van der Waals surface area contributed by atoms with E-state index in [0.29, 0.717) is 5.02 Å². The van der Waals surface area contributed by atoms with Crippen LogP contribution >= 0.6 is 27.5 Å². The Kier molecular flexibility index (Phi) is 3.14. The van der Waals surface area contributed by atoms with E-state index >= 15 is 0 Å². The van der Waals surface area contributed by atoms with Crippen molar-refractivity contribution < 1.29 is 5.11 Å². The molecule has 2 N–H and O–H groups in total. The second kappa shape index (κ2) is 4.39. The third-order valence-corrected chi connectivity index (χ3v) is 3.13. The van der Waals surface area contributed by atoms with Crippen LogP contribution in [0.2, 0.25) is 5.02 Å². The number of hydrogen-bond acceptors (Lipinski definition) is 1. The van der Waals surface area contributed by atoms with Crippen LogP contribution in [0.4, 0.5) is 0 Å². The van der Waals surface area contributed by atoms with E-state index in [1.165, 1.54) is 0 Å². The Balaban J connectivity index is 2.41. The predicted octanol–water partition coefficient (Wildman–Crippen LogP) is 3.51. The molecule has 0 aliphatic heterocycles. The molecule has 1 atom stereocenters. The van der Waals surface area contributed by atoms with Crippen LogP contribution in [-0.4, -0.2) is 10.1 Å². The van der Waals surface area contributed by atoms with Crippen molar-refractivity contribution in [2.24, 2.45) is 0 Å². The van der Waals surface area contributed by atoms with E-state index in [9.17, 15) is 5.11 Å². The van der Waals surface area contributed by atoms with Gasteiger partial charge in [0.15, 0.2) is 0 Å². The number of benzene rings is 1. The van der Waals surface area contributed by atoms with Crippen LogP contribution in [0.3, 0.4) is 0 Å². The van der Waals surface area contributed by atoms with Crippen molar-refractivity contribution in [1.29, 1.82) is 0 Å². The monoisotopic (exact) mass is 285 g/mol. The highest BCUT2D eigenvalue weighted by atomic mass is 79.9. The SMILES string of the molecule is OC(c1ccc[nH]1)c1cc(Cl)ccc1Br. The highest BCUT2D eigenvalue weighted by Gasteiger charge is 2.14. The molecule has 0 saturated carbocycles. The van der Waals surface area contributed by atoms with Crippen molar-refractivity contribution in [3.8, 4) is 0 Å². The van der Waals surface area contributed by atoms with Crippen LogP contribution in [0.5, 0.6) is 0 Å². The van der Waals surface area contributed by atoms with E-state index in [1.807, 2.05) is 18.2 Å². The van der Waals surface area contributed by atoms with E-state index in [-0.39, 0.29) is 0 Å². The van der Waals surface area contributed by atoms with Crippen LogP contribution in [-0.2, 0) is 0 Å². The maximum Gasteiger partial charge on any atom is 0.120 e. The van der Waals surface area contributed by atoms with E-state index < -0.39 is 6.10 Å². The maximum absolute atomic E-state index is 10.1. The zero-order valence-electron chi connectivity index (χ0n) is 7.74. The lowest BCUT2D eigenvalue weighted by atomic mass is 10.1. The summed E-state index contributed by atoms with van der Waals surface area (Å²) in [5, 5.41) is 10.7. The van der Waals surface area contributed by atoms with Gasteiger partial charge >= 0.3 is 0 Å². The fraction of sp³-hybridized carbons (Fsp3) is 0.0909. The number of aliphatic hydroxyl groups is 1. The number of rotatable bonds is 2. The van der Waals surface area contributed by atoms with Crippen LogP contribution in [0.25, 0.3) is 0 Å². The molecule has 0 aliphatic rings. The molecule has 0 aliphatic carbocycles. The number of aliphatic hydroxyl groups excluding tert-OH is 1. The second-order valence-electron chi connectivity index (χ2n) is 3.19. The minimum Gasteiger partial charge on any atom is -0.382 e. The van der Waals surface area contributed by atoms with E-state index in [0.717, 1.165) is 15.7 Å². The average Bonchev–Trinajstić information content (AvgIpc) is 2.74. The van der Waals surface area contributed by atoms with Crippen molar-refractivity contribution in [3.63, 3.8) is 0 Å². The number of aromatic amines is 1. The molecule has 1 aromatic heterocycles. The third-order valence-electron chi connectivity index (χ3n) is 2.17. The molecule has 2 nitrogen and oxygen atoms in total. The molecule has 0 bridgehead atoms. The molecule has 0 spiro atoms. The second-order valence-corrected chi connectivity index (χ2v) is 4.48. The third kappa shape index (κ3) is 2.25. The average molecular weight is 287 g/mol. The molecule has 1 aromatic carbocycles. The first-order valence-electron chi connectivity index (χ1n) is 4.45. The lowest BCUT2D eigenvalue weighted by molar-refractivity contribution is 0.215. The van der Waals surface area contributed by atoms with Gasteiger partial charge in [-0.15, -0.1) is 0 Å². The Labute approximate surface area is 101 Å². The summed E-state index contributed by atoms with van der Waals surface area (Å²) in [6.45, 7) is 0. The van der Waals surface area contributed by atoms with Crippen molar-refractivity contribution in [2.45, 2.75) is 6.10 Å². The minimum atomic E-state index is -0.687. The zero-order chi connectivity index (χ0) is 10.8. The molecule has 0 amide bonds. The Morgan fingerprint density at radius 2 is 2.13 bits per heavy atom. The fourth-order valence-electron chi connectivity index (χ4n) is 1.41. The molecule has 0 fully saturated rings. The summed E-state index contributed by atoms with van der Waals surface area (Å²) in [7, 11) is 0. The molecule has 15 heavy (non-hydrogen) atoms. The highest BCUT2D eigenvalue weighted by molar-refractivity contribution is 9.10. The summed E-state index contributed by atoms with van der Waals surface area (Å²) < 4.78 is 0.842. The van der Waals surface area contributed by atoms with Gasteiger partial charge in [-0.3, -0.25) is 0 Å². The Morgan fingerprint density at radius 3 is 2.80 bits per heavy atom. The van der Waals surface area contributed by atoms with E-state index in [2.05, 4.69) is 20.9 Å². The zero-order valence-corrected chi connectivity index (χ0v) is 10.1. The Morgan fingerprint density at radius 1 is 1.33 bits per heavy atom. The predicted molar refractivity (Wildman–Crippen MR) is 64.0 cm³/mol. The molecule has 4 heteroatoms. The van der Waals surface area contributed by atoms with Gasteiger partial charge in [-0.25, -0.2) is 0 Å². The van der Waals surface area contributed by atoms with Crippen LogP contribution in [0, 0.1) is 0 Å². The van der Waals surface area contributed by atoms with Crippen molar-refractivity contribution in [1.82, 2.24) is 4.98 Å². The number of halogens is 2. The Hall–Kier alpha value is -0.770. The summed E-state index contributed by atoms with van der Waals surface area (Å²) in [5.74, 6) is 0. The molecule has 1 heterocycles. The molecular formula is C11H9BrClNO. The molecule has 78 valence electrons. The van der Waals surface area contributed by atoms with Gasteiger partial charge in [-0.05, 0) is 30.3 Å². The lowest BCUT2D eigenvalue weighted by Gasteiger charge is -2.11. The number of aromatic nitrogens is 1. The normalized spacial score (nSPS) is 12.7. The summed E-state index contributed by atoms with van der Waals surface area (Å²) in [4.78, 5) is 2.97. The highest BCUT2D eigenvalue weighted by Crippen LogP contribution is 2.29. The molecule has 0 radical (unpaired) electrons. The van der Waals surface area contributed by atoms with Gasteiger partial charge in [-0.1, -0.05) is 27.5 Å². The number of H-pyrrole nitrogens is 1.